The number of thiol groups is 2. The molecule has 2 aliphatic rings. The minimum atomic E-state index is -2.00. The maximum Gasteiger partial charge on any atom is 0.245 e. The molecule has 2 aromatic rings. The Morgan fingerprint density at radius 2 is 1.08 bits per heavy atom. The lowest BCUT2D eigenvalue weighted by molar-refractivity contribution is -0.331. The number of hydrogen-bond acceptors (Lipinski definition) is 22. The number of carbonyl (C=O) groups is 7. The van der Waals surface area contributed by atoms with Gasteiger partial charge >= 0.3 is 0 Å². The number of carbonyl (C=O) groups excluding carboxylic acids is 7. The Hall–Kier alpha value is -5.25. The van der Waals surface area contributed by atoms with Gasteiger partial charge in [-0.25, -0.2) is 0 Å². The average molecular weight is 1060 g/mol. The third kappa shape index (κ3) is 17.5. The Bertz CT molecular complexity index is 2120. The largest absolute Gasteiger partial charge is 0.508 e. The van der Waals surface area contributed by atoms with E-state index in [1.807, 2.05) is 0 Å². The molecule has 0 unspecified atom stereocenters. The predicted octanol–water partition coefficient (Wildman–Crippen LogP) is -8.34. The van der Waals surface area contributed by atoms with Crippen LogP contribution in [0, 0.1) is 0 Å². The third-order valence-corrected chi connectivity index (χ3v) is 11.9. The summed E-state index contributed by atoms with van der Waals surface area (Å²) in [7, 11) is 0. The van der Waals surface area contributed by atoms with E-state index in [2.05, 4.69) is 57.2 Å². The molecule has 2 aliphatic heterocycles. The molecule has 27 nitrogen and oxygen atoms in total. The van der Waals surface area contributed by atoms with Gasteiger partial charge in [0, 0.05) is 17.9 Å². The van der Waals surface area contributed by atoms with Crippen molar-refractivity contribution in [3.63, 3.8) is 0 Å². The van der Waals surface area contributed by atoms with Crippen molar-refractivity contribution in [2.24, 2.45) is 11.5 Å². The number of aliphatic hydroxyl groups excluding tert-OH is 7. The van der Waals surface area contributed by atoms with Gasteiger partial charge in [0.25, 0.3) is 0 Å². The summed E-state index contributed by atoms with van der Waals surface area (Å²) < 4.78 is 21.8. The Labute approximate surface area is 422 Å². The summed E-state index contributed by atoms with van der Waals surface area (Å²) in [6.07, 6.45) is -17.7. The van der Waals surface area contributed by atoms with Crippen molar-refractivity contribution in [3.8, 4) is 5.75 Å². The topological polar surface area (TPSA) is 442 Å². The molecule has 0 saturated carbocycles. The second-order valence-electron chi connectivity index (χ2n) is 16.6. The van der Waals surface area contributed by atoms with Crippen LogP contribution in [0.5, 0.6) is 5.75 Å². The lowest BCUT2D eigenvalue weighted by atomic mass is 9.98. The Morgan fingerprint density at radius 1 is 0.583 bits per heavy atom. The lowest BCUT2D eigenvalue weighted by Crippen LogP contribution is -2.62. The molecule has 0 radical (unpaired) electrons. The van der Waals surface area contributed by atoms with Crippen LogP contribution in [0.15, 0.2) is 54.6 Å². The van der Waals surface area contributed by atoms with E-state index in [0.29, 0.717) is 11.1 Å². The van der Waals surface area contributed by atoms with Crippen molar-refractivity contribution in [3.05, 3.63) is 65.7 Å². The summed E-state index contributed by atoms with van der Waals surface area (Å²) in [5, 5.41) is 95.7. The molecule has 0 spiro atoms. The van der Waals surface area contributed by atoms with Gasteiger partial charge < -0.3 is 103 Å². The van der Waals surface area contributed by atoms with Crippen molar-refractivity contribution >= 4 is 66.6 Å². The van der Waals surface area contributed by atoms with Gasteiger partial charge in [-0.3, -0.25) is 33.6 Å². The van der Waals surface area contributed by atoms with Crippen LogP contribution in [0.3, 0.4) is 0 Å². The van der Waals surface area contributed by atoms with Crippen LogP contribution in [-0.2, 0) is 65.4 Å². The molecule has 2 aromatic carbocycles. The molecule has 2 saturated heterocycles. The fraction of sp³-hybridized carbons (Fsp3) is 0.558. The van der Waals surface area contributed by atoms with Crippen LogP contribution in [-0.4, -0.2) is 218 Å². The number of phenolic OH excluding ortho intramolecular Hbond substituents is 1. The summed E-state index contributed by atoms with van der Waals surface area (Å²) in [5.74, 6) is -6.99. The summed E-state index contributed by atoms with van der Waals surface area (Å²) >= 11 is 8.31. The molecule has 400 valence electrons. The molecule has 15 atom stereocenters. The second kappa shape index (κ2) is 28.8. The number of amides is 7. The van der Waals surface area contributed by atoms with Crippen LogP contribution in [0.2, 0.25) is 0 Å². The van der Waals surface area contributed by atoms with Crippen LogP contribution in [0.4, 0.5) is 0 Å². The first-order chi connectivity index (χ1) is 34.2. The van der Waals surface area contributed by atoms with Gasteiger partial charge in [-0.05, 0) is 29.7 Å². The van der Waals surface area contributed by atoms with E-state index >= 15 is 0 Å². The van der Waals surface area contributed by atoms with E-state index in [1.165, 1.54) is 12.1 Å². The van der Waals surface area contributed by atoms with Gasteiger partial charge in [0.1, 0.15) is 78.7 Å². The number of benzene rings is 2. The Kier molecular flexibility index (Phi) is 23.8. The molecule has 7 amide bonds. The third-order valence-electron chi connectivity index (χ3n) is 11.2. The van der Waals surface area contributed by atoms with Crippen LogP contribution in [0.25, 0.3) is 0 Å². The van der Waals surface area contributed by atoms with Gasteiger partial charge in [0.15, 0.2) is 12.6 Å². The first-order valence-corrected chi connectivity index (χ1v) is 23.5. The number of hydrogen-bond donors (Lipinski definition) is 18. The lowest BCUT2D eigenvalue weighted by Gasteiger charge is -2.42. The summed E-state index contributed by atoms with van der Waals surface area (Å²) in [5.41, 5.74) is 12.4. The van der Waals surface area contributed by atoms with Crippen LogP contribution < -0.4 is 43.4 Å². The highest BCUT2D eigenvalue weighted by atomic mass is 32.1. The summed E-state index contributed by atoms with van der Waals surface area (Å²) in [6.45, 7) is -3.77. The van der Waals surface area contributed by atoms with Gasteiger partial charge in [0.2, 0.25) is 41.4 Å². The quantitative estimate of drug-likeness (QED) is 0.0389. The molecule has 4 rings (SSSR count). The Morgan fingerprint density at radius 3 is 1.68 bits per heavy atom. The number of aromatic hydroxyl groups is 1. The maximum absolute atomic E-state index is 13.9. The zero-order valence-electron chi connectivity index (χ0n) is 38.3. The summed E-state index contributed by atoms with van der Waals surface area (Å²) in [4.78, 5) is 91.5. The average Bonchev–Trinajstić information content (AvgIpc) is 3.36. The molecule has 18 N–H and O–H groups in total. The number of ether oxygens (including phenoxy) is 4. The fourth-order valence-corrected chi connectivity index (χ4v) is 7.56. The predicted molar refractivity (Wildman–Crippen MR) is 253 cm³/mol. The first kappa shape index (κ1) is 59.3. The molecule has 2 fully saturated rings. The van der Waals surface area contributed by atoms with Crippen molar-refractivity contribution in [1.82, 2.24) is 31.9 Å². The molecular formula is C43H62N8O19S2. The van der Waals surface area contributed by atoms with Crippen molar-refractivity contribution in [1.29, 1.82) is 0 Å². The van der Waals surface area contributed by atoms with Crippen molar-refractivity contribution < 1.29 is 93.4 Å². The van der Waals surface area contributed by atoms with E-state index in [1.54, 1.807) is 42.5 Å². The minimum Gasteiger partial charge on any atom is -0.508 e. The van der Waals surface area contributed by atoms with Crippen molar-refractivity contribution in [2.45, 2.75) is 104 Å². The van der Waals surface area contributed by atoms with Gasteiger partial charge in [-0.1, -0.05) is 42.5 Å². The highest BCUT2D eigenvalue weighted by molar-refractivity contribution is 7.80. The zero-order chi connectivity index (χ0) is 53.2. The Balaban J connectivity index is 1.40. The molecule has 72 heavy (non-hydrogen) atoms. The van der Waals surface area contributed by atoms with E-state index < -0.39 is 172 Å². The highest BCUT2D eigenvalue weighted by Gasteiger charge is 2.48. The molecule has 2 heterocycles. The van der Waals surface area contributed by atoms with Gasteiger partial charge in [-0.2, -0.15) is 25.3 Å². The number of phenols is 1. The van der Waals surface area contributed by atoms with Crippen molar-refractivity contribution in [2.75, 3.05) is 44.4 Å². The molecular weight excluding hydrogens is 997 g/mol. The van der Waals surface area contributed by atoms with E-state index in [4.69, 9.17) is 30.4 Å². The minimum absolute atomic E-state index is 0.0222. The number of rotatable bonds is 26. The standard InChI is InChI=1S/C43H62N8O19S2/c44-22(10-20-6-8-21(53)9-7-20)37(62)50-25(17-71)39(64)47-13-30(55)48-23(11-19-4-2-1-3-5-19)40(65)51-26(18-72)41(66)49-24(38(63)46-12-29(45)54)15-67-42-36(61)34(59)32(57)28(70-42)16-68-43-35(60)33(58)31(56)27(14-52)69-43/h1-9,22-28,31-36,42-43,52-53,56-61,71-72H,10-18,44H2,(H2,45,54)(H,46,63)(H,47,64)(H,48,55)(H,49,66)(H,50,62)(H,51,65)/t22-,23-,24-,25+,26+,27+,28+,31-,32+,33-,34-,35+,36+,42+,43+/m0/s1. The molecule has 0 bridgehead atoms. The monoisotopic (exact) mass is 1060 g/mol. The van der Waals surface area contributed by atoms with Gasteiger partial charge in [0.05, 0.1) is 39.0 Å². The smallest absolute Gasteiger partial charge is 0.245 e. The highest BCUT2D eigenvalue weighted by Crippen LogP contribution is 2.26. The number of primary amides is 1. The molecule has 0 aromatic heterocycles. The van der Waals surface area contributed by atoms with E-state index in [9.17, 15) is 74.4 Å². The normalized spacial score (nSPS) is 26.1. The van der Waals surface area contributed by atoms with E-state index in [0.717, 1.165) is 0 Å². The second-order valence-corrected chi connectivity index (χ2v) is 17.3. The zero-order valence-corrected chi connectivity index (χ0v) is 40.1. The molecule has 29 heteroatoms. The fourth-order valence-electron chi connectivity index (χ4n) is 7.04. The first-order valence-electron chi connectivity index (χ1n) is 22.2. The SMILES string of the molecule is NC(=O)CNC(=O)[C@H](CO[C@@H]1O[C@H](CO[C@@H]2O[C@H](CO)[C@H](O)[C@H](O)[C@H]2O)[C@@H](O)[C@H](O)[C@H]1O)NC(=O)[C@@H](CS)NC(=O)[C@H](Cc1ccccc1)NC(=O)CNC(=O)[C@@H](CS)NC(=O)[C@@H](N)Cc1ccc(O)cc1. The van der Waals surface area contributed by atoms with Gasteiger partial charge in [-0.15, -0.1) is 0 Å². The number of nitrogens with one attached hydrogen (secondary N) is 6. The van der Waals surface area contributed by atoms with Crippen LogP contribution in [0.1, 0.15) is 11.1 Å². The van der Waals surface area contributed by atoms with Crippen LogP contribution >= 0.6 is 25.3 Å². The molecule has 0 aliphatic carbocycles. The number of nitrogens with two attached hydrogens (primary N) is 2. The maximum atomic E-state index is 13.9. The number of aliphatic hydroxyl groups is 7. The van der Waals surface area contributed by atoms with E-state index in [-0.39, 0.29) is 24.3 Å². The summed E-state index contributed by atoms with van der Waals surface area (Å²) in [6, 6.07) is 7.35.